The first-order valence-corrected chi connectivity index (χ1v) is 6.65. The van der Waals surface area contributed by atoms with Crippen molar-refractivity contribution in [3.8, 4) is 0 Å². The molecule has 0 amide bonds. The number of nitrogens with zero attached hydrogens (tertiary/aromatic N) is 1. The fourth-order valence-corrected chi connectivity index (χ4v) is 3.74. The van der Waals surface area contributed by atoms with Crippen LogP contribution in [0.25, 0.3) is 10.8 Å². The number of anilines is 2. The second-order valence-corrected chi connectivity index (χ2v) is 5.43. The summed E-state index contributed by atoms with van der Waals surface area (Å²) in [4.78, 5) is 2.46. The van der Waals surface area contributed by atoms with Crippen LogP contribution in [0.2, 0.25) is 0 Å². The third-order valence-corrected chi connectivity index (χ3v) is 4.48. The molecule has 0 radical (unpaired) electrons. The largest absolute Gasteiger partial charge is 0.354 e. The van der Waals surface area contributed by atoms with E-state index in [4.69, 9.17) is 0 Å². The molecule has 2 aliphatic rings. The third-order valence-electron chi connectivity index (χ3n) is 3.38. The molecule has 1 atom stereocenters. The minimum atomic E-state index is 0.459. The number of hydrogen-bond donors (Lipinski definition) is 1. The Morgan fingerprint density at radius 1 is 1.19 bits per heavy atom. The molecule has 2 nitrogen and oxygen atoms in total. The zero-order valence-electron chi connectivity index (χ0n) is 8.81. The lowest BCUT2D eigenvalue weighted by Gasteiger charge is -2.15. The van der Waals surface area contributed by atoms with E-state index < -0.39 is 0 Å². The Hall–Kier alpha value is -1.35. The first-order valence-electron chi connectivity index (χ1n) is 5.60. The van der Waals surface area contributed by atoms with Crippen molar-refractivity contribution < 1.29 is 0 Å². The highest BCUT2D eigenvalue weighted by Crippen LogP contribution is 2.45. The third kappa shape index (κ3) is 1.04. The van der Waals surface area contributed by atoms with Gasteiger partial charge >= 0.3 is 0 Å². The predicted octanol–water partition coefficient (Wildman–Crippen LogP) is 3.10. The smallest absolute Gasteiger partial charge is 0.148 e. The number of benzene rings is 2. The average molecular weight is 228 g/mol. The van der Waals surface area contributed by atoms with Gasteiger partial charge in [-0.3, -0.25) is 0 Å². The summed E-state index contributed by atoms with van der Waals surface area (Å²) in [6.45, 7) is 1.16. The van der Waals surface area contributed by atoms with Gasteiger partial charge in [0.15, 0.2) is 0 Å². The summed E-state index contributed by atoms with van der Waals surface area (Å²) >= 11 is 1.99. The summed E-state index contributed by atoms with van der Waals surface area (Å²) in [5.41, 5.74) is 3.14. The fourth-order valence-electron chi connectivity index (χ4n) is 2.61. The van der Waals surface area contributed by atoms with Crippen molar-refractivity contribution in [3.05, 3.63) is 36.4 Å². The quantitative estimate of drug-likeness (QED) is 0.746. The molecule has 1 unspecified atom stereocenters. The van der Waals surface area contributed by atoms with Gasteiger partial charge < -0.3 is 10.2 Å². The average Bonchev–Trinajstić information content (AvgIpc) is 2.88. The van der Waals surface area contributed by atoms with E-state index in [9.17, 15) is 0 Å². The molecule has 1 saturated heterocycles. The van der Waals surface area contributed by atoms with E-state index in [1.165, 1.54) is 27.9 Å². The molecule has 0 aliphatic carbocycles. The van der Waals surface area contributed by atoms with Gasteiger partial charge in [-0.2, -0.15) is 0 Å². The van der Waals surface area contributed by atoms with Crippen molar-refractivity contribution in [1.29, 1.82) is 0 Å². The highest BCUT2D eigenvalue weighted by molar-refractivity contribution is 8.00. The normalized spacial score (nSPS) is 22.0. The van der Waals surface area contributed by atoms with Gasteiger partial charge in [-0.1, -0.05) is 30.3 Å². The molecule has 0 bridgehead atoms. The molecule has 1 fully saturated rings. The maximum absolute atomic E-state index is 3.63. The Morgan fingerprint density at radius 2 is 2.12 bits per heavy atom. The van der Waals surface area contributed by atoms with Gasteiger partial charge in [0.25, 0.3) is 0 Å². The van der Waals surface area contributed by atoms with Gasteiger partial charge in [0, 0.05) is 17.7 Å². The highest BCUT2D eigenvalue weighted by atomic mass is 32.2. The number of nitrogens with one attached hydrogen (secondary N) is 1. The van der Waals surface area contributed by atoms with E-state index in [1.54, 1.807) is 0 Å². The molecular formula is C13H12N2S. The number of fused-ring (bicyclic) bond motifs is 5. The zero-order chi connectivity index (χ0) is 10.5. The van der Waals surface area contributed by atoms with Crippen LogP contribution in [0.1, 0.15) is 0 Å². The maximum Gasteiger partial charge on any atom is 0.148 e. The minimum absolute atomic E-state index is 0.459. The van der Waals surface area contributed by atoms with Crippen LogP contribution in [0.5, 0.6) is 0 Å². The van der Waals surface area contributed by atoms with E-state index >= 15 is 0 Å². The summed E-state index contributed by atoms with van der Waals surface area (Å²) < 4.78 is 0. The van der Waals surface area contributed by atoms with E-state index in [0.717, 1.165) is 6.54 Å². The standard InChI is InChI=1S/C13H12N2S/c1-2-4-10-9(3-1)5-6-11-12(10)14-13-15(11)7-8-16-13/h1-6,13-14H,7-8H2. The van der Waals surface area contributed by atoms with Gasteiger partial charge in [-0.15, -0.1) is 11.8 Å². The first kappa shape index (κ1) is 8.76. The molecule has 2 aliphatic heterocycles. The molecule has 0 saturated carbocycles. The molecule has 4 rings (SSSR count). The lowest BCUT2D eigenvalue weighted by Crippen LogP contribution is -2.26. The van der Waals surface area contributed by atoms with Gasteiger partial charge in [0.1, 0.15) is 5.50 Å². The van der Waals surface area contributed by atoms with E-state index in [2.05, 4.69) is 46.6 Å². The molecule has 3 heteroatoms. The van der Waals surface area contributed by atoms with Gasteiger partial charge in [-0.05, 0) is 11.5 Å². The second kappa shape index (κ2) is 3.08. The molecule has 2 heterocycles. The van der Waals surface area contributed by atoms with E-state index in [-0.39, 0.29) is 0 Å². The van der Waals surface area contributed by atoms with Crippen molar-refractivity contribution >= 4 is 33.9 Å². The van der Waals surface area contributed by atoms with E-state index in [0.29, 0.717) is 5.50 Å². The van der Waals surface area contributed by atoms with Crippen LogP contribution in [0.4, 0.5) is 11.4 Å². The van der Waals surface area contributed by atoms with E-state index in [1.807, 2.05) is 11.8 Å². The van der Waals surface area contributed by atoms with Crippen molar-refractivity contribution in [2.45, 2.75) is 5.50 Å². The number of hydrogen-bond acceptors (Lipinski definition) is 3. The molecule has 2 aromatic carbocycles. The molecule has 1 N–H and O–H groups in total. The Labute approximate surface area is 98.6 Å². The lowest BCUT2D eigenvalue weighted by molar-refractivity contribution is 0.918. The molecule has 80 valence electrons. The Kier molecular flexibility index (Phi) is 1.68. The monoisotopic (exact) mass is 228 g/mol. The van der Waals surface area contributed by atoms with Crippen LogP contribution in [0, 0.1) is 0 Å². The molecule has 2 aromatic rings. The fraction of sp³-hybridized carbons (Fsp3) is 0.231. The Balaban J connectivity index is 2.00. The Morgan fingerprint density at radius 3 is 3.12 bits per heavy atom. The van der Waals surface area contributed by atoms with Gasteiger partial charge in [0.05, 0.1) is 11.4 Å². The Bertz CT molecular complexity index is 567. The molecule has 0 spiro atoms. The van der Waals surface area contributed by atoms with Crippen LogP contribution >= 0.6 is 11.8 Å². The van der Waals surface area contributed by atoms with Crippen LogP contribution in [-0.4, -0.2) is 17.8 Å². The van der Waals surface area contributed by atoms with Crippen LogP contribution in [-0.2, 0) is 0 Å². The van der Waals surface area contributed by atoms with Gasteiger partial charge in [-0.25, -0.2) is 0 Å². The maximum atomic E-state index is 3.63. The van der Waals surface area contributed by atoms with Crippen molar-refractivity contribution in [2.75, 3.05) is 22.5 Å². The zero-order valence-corrected chi connectivity index (χ0v) is 9.63. The molecular weight excluding hydrogens is 216 g/mol. The van der Waals surface area contributed by atoms with Crippen LogP contribution in [0.3, 0.4) is 0 Å². The molecule has 0 aromatic heterocycles. The summed E-state index contributed by atoms with van der Waals surface area (Å²) in [7, 11) is 0. The summed E-state index contributed by atoms with van der Waals surface area (Å²) in [6.07, 6.45) is 0. The minimum Gasteiger partial charge on any atom is -0.354 e. The van der Waals surface area contributed by atoms with Crippen LogP contribution in [0.15, 0.2) is 36.4 Å². The second-order valence-electron chi connectivity index (χ2n) is 4.24. The van der Waals surface area contributed by atoms with Crippen molar-refractivity contribution in [3.63, 3.8) is 0 Å². The predicted molar refractivity (Wildman–Crippen MR) is 71.2 cm³/mol. The number of rotatable bonds is 0. The van der Waals surface area contributed by atoms with Crippen LogP contribution < -0.4 is 10.2 Å². The topological polar surface area (TPSA) is 15.3 Å². The lowest BCUT2D eigenvalue weighted by atomic mass is 10.1. The number of thioether (sulfide) groups is 1. The summed E-state index contributed by atoms with van der Waals surface area (Å²) in [6, 6.07) is 13.1. The van der Waals surface area contributed by atoms with Crippen molar-refractivity contribution in [1.82, 2.24) is 0 Å². The highest BCUT2D eigenvalue weighted by Gasteiger charge is 2.33. The van der Waals surface area contributed by atoms with Gasteiger partial charge in [0.2, 0.25) is 0 Å². The molecule has 16 heavy (non-hydrogen) atoms. The van der Waals surface area contributed by atoms with Crippen molar-refractivity contribution in [2.24, 2.45) is 0 Å². The summed E-state index contributed by atoms with van der Waals surface area (Å²) in [5, 5.41) is 6.29. The summed E-state index contributed by atoms with van der Waals surface area (Å²) in [5.74, 6) is 1.23. The SMILES string of the molecule is c1ccc2c3c(ccc2c1)N1CCSC1N3. The first-order chi connectivity index (χ1) is 7.93.